The molecular weight excluding hydrogens is 288 g/mol. The molecule has 0 aromatic carbocycles. The number of aromatic amines is 1. The van der Waals surface area contributed by atoms with Gasteiger partial charge in [-0.05, 0) is 52.0 Å². The topological polar surface area (TPSA) is 77.2 Å². The SMILES string of the molecule is CCCN1CCC(NS(=O)(=O)c2c[nH]c(CNC)c2)CC1. The predicted molar refractivity (Wildman–Crippen MR) is 83.6 cm³/mol. The van der Waals surface area contributed by atoms with Crippen molar-refractivity contribution in [1.82, 2.24) is 19.9 Å². The summed E-state index contributed by atoms with van der Waals surface area (Å²) in [6.45, 7) is 5.84. The predicted octanol–water partition coefficient (Wildman–Crippen LogP) is 0.887. The number of H-pyrrole nitrogens is 1. The Hall–Kier alpha value is -0.890. The Balaban J connectivity index is 1.92. The van der Waals surface area contributed by atoms with Crippen LogP contribution in [0.4, 0.5) is 0 Å². The van der Waals surface area contributed by atoms with E-state index in [2.05, 4.69) is 26.8 Å². The molecule has 1 aromatic rings. The van der Waals surface area contributed by atoms with Crippen LogP contribution in [0.5, 0.6) is 0 Å². The van der Waals surface area contributed by atoms with Gasteiger partial charge in [0, 0.05) is 24.5 Å². The number of aromatic nitrogens is 1. The van der Waals surface area contributed by atoms with Crippen LogP contribution < -0.4 is 10.0 Å². The van der Waals surface area contributed by atoms with E-state index in [0.29, 0.717) is 11.4 Å². The first-order valence-corrected chi connectivity index (χ1v) is 9.10. The number of sulfonamides is 1. The van der Waals surface area contributed by atoms with Crippen molar-refractivity contribution < 1.29 is 8.42 Å². The lowest BCUT2D eigenvalue weighted by Gasteiger charge is -2.31. The zero-order valence-electron chi connectivity index (χ0n) is 12.9. The molecule has 2 rings (SSSR count). The average Bonchev–Trinajstić information content (AvgIpc) is 2.91. The van der Waals surface area contributed by atoms with Crippen molar-refractivity contribution in [1.29, 1.82) is 0 Å². The zero-order chi connectivity index (χ0) is 15.3. The first kappa shape index (κ1) is 16.5. The fourth-order valence-electron chi connectivity index (χ4n) is 2.74. The second-order valence-corrected chi connectivity index (χ2v) is 7.34. The maximum Gasteiger partial charge on any atom is 0.242 e. The molecule has 1 saturated heterocycles. The van der Waals surface area contributed by atoms with E-state index in [1.807, 2.05) is 7.05 Å². The fraction of sp³-hybridized carbons (Fsp3) is 0.714. The van der Waals surface area contributed by atoms with E-state index in [1.165, 1.54) is 0 Å². The molecule has 0 radical (unpaired) electrons. The lowest BCUT2D eigenvalue weighted by Crippen LogP contribution is -2.44. The van der Waals surface area contributed by atoms with Crippen LogP contribution in [0.25, 0.3) is 0 Å². The average molecular weight is 314 g/mol. The summed E-state index contributed by atoms with van der Waals surface area (Å²) in [7, 11) is -1.58. The Morgan fingerprint density at radius 1 is 1.38 bits per heavy atom. The van der Waals surface area contributed by atoms with Crippen LogP contribution in [0.1, 0.15) is 31.9 Å². The lowest BCUT2D eigenvalue weighted by atomic mass is 10.1. The van der Waals surface area contributed by atoms with Gasteiger partial charge in [0.15, 0.2) is 0 Å². The number of likely N-dealkylation sites (tertiary alicyclic amines) is 1. The Morgan fingerprint density at radius 3 is 2.71 bits per heavy atom. The Bertz CT molecular complexity index is 533. The highest BCUT2D eigenvalue weighted by molar-refractivity contribution is 7.89. The van der Waals surface area contributed by atoms with Gasteiger partial charge in [-0.3, -0.25) is 0 Å². The second kappa shape index (κ2) is 7.40. The highest BCUT2D eigenvalue weighted by atomic mass is 32.2. The molecular formula is C14H26N4O2S. The summed E-state index contributed by atoms with van der Waals surface area (Å²) >= 11 is 0. The molecule has 0 aliphatic carbocycles. The van der Waals surface area contributed by atoms with Crippen LogP contribution >= 0.6 is 0 Å². The largest absolute Gasteiger partial charge is 0.363 e. The summed E-state index contributed by atoms with van der Waals surface area (Å²) in [5.74, 6) is 0. The van der Waals surface area contributed by atoms with E-state index in [9.17, 15) is 8.42 Å². The Morgan fingerprint density at radius 2 is 2.10 bits per heavy atom. The molecule has 0 spiro atoms. The maximum absolute atomic E-state index is 12.4. The van der Waals surface area contributed by atoms with Crippen molar-refractivity contribution in [3.63, 3.8) is 0 Å². The van der Waals surface area contributed by atoms with E-state index in [1.54, 1.807) is 12.3 Å². The van der Waals surface area contributed by atoms with E-state index in [0.717, 1.165) is 44.6 Å². The molecule has 0 unspecified atom stereocenters. The Kier molecular flexibility index (Phi) is 5.80. The van der Waals surface area contributed by atoms with Crippen LogP contribution in [0.2, 0.25) is 0 Å². The molecule has 21 heavy (non-hydrogen) atoms. The third kappa shape index (κ3) is 4.54. The van der Waals surface area contributed by atoms with Crippen LogP contribution in [0.15, 0.2) is 17.2 Å². The number of rotatable bonds is 7. The third-order valence-corrected chi connectivity index (χ3v) is 5.34. The van der Waals surface area contributed by atoms with Crippen LogP contribution in [-0.2, 0) is 16.6 Å². The minimum absolute atomic E-state index is 0.0470. The van der Waals surface area contributed by atoms with Gasteiger partial charge >= 0.3 is 0 Å². The second-order valence-electron chi connectivity index (χ2n) is 5.63. The van der Waals surface area contributed by atoms with Crippen molar-refractivity contribution >= 4 is 10.0 Å². The van der Waals surface area contributed by atoms with E-state index in [4.69, 9.17) is 0 Å². The summed E-state index contributed by atoms with van der Waals surface area (Å²) < 4.78 is 27.6. The van der Waals surface area contributed by atoms with Gasteiger partial charge in [-0.15, -0.1) is 0 Å². The van der Waals surface area contributed by atoms with Crippen molar-refractivity contribution in [2.24, 2.45) is 0 Å². The molecule has 1 aliphatic heterocycles. The minimum atomic E-state index is -3.41. The van der Waals surface area contributed by atoms with Crippen molar-refractivity contribution in [3.8, 4) is 0 Å². The molecule has 3 N–H and O–H groups in total. The monoisotopic (exact) mass is 314 g/mol. The fourth-order valence-corrected chi connectivity index (χ4v) is 4.07. The number of nitrogens with zero attached hydrogens (tertiary/aromatic N) is 1. The summed E-state index contributed by atoms with van der Waals surface area (Å²) in [6.07, 6.45) is 4.47. The molecule has 2 heterocycles. The molecule has 0 atom stereocenters. The molecule has 0 amide bonds. The zero-order valence-corrected chi connectivity index (χ0v) is 13.7. The number of nitrogens with one attached hydrogen (secondary N) is 3. The normalized spacial score (nSPS) is 18.2. The van der Waals surface area contributed by atoms with Crippen molar-refractivity contribution in [2.45, 2.75) is 43.7 Å². The molecule has 1 fully saturated rings. The van der Waals surface area contributed by atoms with Gasteiger partial charge < -0.3 is 15.2 Å². The van der Waals surface area contributed by atoms with E-state index >= 15 is 0 Å². The molecule has 0 bridgehead atoms. The van der Waals surface area contributed by atoms with E-state index < -0.39 is 10.0 Å². The van der Waals surface area contributed by atoms with Crippen LogP contribution in [0.3, 0.4) is 0 Å². The van der Waals surface area contributed by atoms with Gasteiger partial charge in [0.1, 0.15) is 0 Å². The summed E-state index contributed by atoms with van der Waals surface area (Å²) in [6, 6.07) is 1.73. The molecule has 7 heteroatoms. The molecule has 0 saturated carbocycles. The van der Waals surface area contributed by atoms with E-state index in [-0.39, 0.29) is 6.04 Å². The summed E-state index contributed by atoms with van der Waals surface area (Å²) in [4.78, 5) is 5.70. The van der Waals surface area contributed by atoms with Gasteiger partial charge in [0.2, 0.25) is 10.0 Å². The lowest BCUT2D eigenvalue weighted by molar-refractivity contribution is 0.208. The Labute approximate surface area is 127 Å². The standard InChI is InChI=1S/C14H26N4O2S/c1-3-6-18-7-4-12(5-8-18)17-21(19,20)14-9-13(10-15-2)16-11-14/h9,11-12,15-17H,3-8,10H2,1-2H3. The molecule has 1 aromatic heterocycles. The van der Waals surface area contributed by atoms with Gasteiger partial charge in [0.25, 0.3) is 0 Å². The maximum atomic E-state index is 12.4. The quantitative estimate of drug-likeness (QED) is 0.698. The van der Waals surface area contributed by atoms with Crippen molar-refractivity contribution in [3.05, 3.63) is 18.0 Å². The highest BCUT2D eigenvalue weighted by Crippen LogP contribution is 2.16. The molecule has 1 aliphatic rings. The minimum Gasteiger partial charge on any atom is -0.363 e. The molecule has 120 valence electrons. The third-order valence-electron chi connectivity index (χ3n) is 3.84. The van der Waals surface area contributed by atoms with Crippen LogP contribution in [-0.4, -0.2) is 51.0 Å². The van der Waals surface area contributed by atoms with Gasteiger partial charge in [0.05, 0.1) is 4.90 Å². The number of hydrogen-bond donors (Lipinski definition) is 3. The number of hydrogen-bond acceptors (Lipinski definition) is 4. The number of piperidine rings is 1. The van der Waals surface area contributed by atoms with Gasteiger partial charge in [-0.1, -0.05) is 6.92 Å². The van der Waals surface area contributed by atoms with Crippen molar-refractivity contribution in [2.75, 3.05) is 26.7 Å². The van der Waals surface area contributed by atoms with Gasteiger partial charge in [-0.2, -0.15) is 0 Å². The summed E-state index contributed by atoms with van der Waals surface area (Å²) in [5.41, 5.74) is 0.871. The van der Waals surface area contributed by atoms with Gasteiger partial charge in [-0.25, -0.2) is 13.1 Å². The summed E-state index contributed by atoms with van der Waals surface area (Å²) in [5, 5.41) is 2.99. The first-order chi connectivity index (χ1) is 10.0. The first-order valence-electron chi connectivity index (χ1n) is 7.61. The molecule has 6 nitrogen and oxygen atoms in total. The smallest absolute Gasteiger partial charge is 0.242 e. The van der Waals surface area contributed by atoms with Crippen LogP contribution in [0, 0.1) is 0 Å². The highest BCUT2D eigenvalue weighted by Gasteiger charge is 2.24.